The number of pyridine rings is 1. The summed E-state index contributed by atoms with van der Waals surface area (Å²) in [5, 5.41) is 16.4. The molecule has 0 saturated carbocycles. The Morgan fingerprint density at radius 3 is 2.74 bits per heavy atom. The molecule has 1 aliphatic heterocycles. The first-order valence-electron chi connectivity index (χ1n) is 12.5. The number of hydrogen-bond acceptors (Lipinski definition) is 7. The van der Waals surface area contributed by atoms with Crippen molar-refractivity contribution in [1.29, 1.82) is 0 Å². The largest absolute Gasteiger partial charge is 0.390 e. The van der Waals surface area contributed by atoms with Crippen molar-refractivity contribution in [3.8, 4) is 11.3 Å². The number of ether oxygens (including phenoxy) is 1. The molecule has 1 aromatic carbocycles. The van der Waals surface area contributed by atoms with Gasteiger partial charge in [0.2, 0.25) is 5.95 Å². The zero-order valence-corrected chi connectivity index (χ0v) is 21.4. The van der Waals surface area contributed by atoms with Gasteiger partial charge in [-0.1, -0.05) is 6.07 Å². The maximum atomic E-state index is 14.9. The molecule has 3 aromatic rings. The SMILES string of the molecule is Cc1c(CNCCC(F)(F)F)n(C(C)C)c2cc(-c3nc(N[C@@H]4CCOC[C@H]4O)ncc3F)ccc2c1=O. The molecule has 3 heterocycles. The summed E-state index contributed by atoms with van der Waals surface area (Å²) in [6, 6.07) is 4.38. The molecule has 0 unspecified atom stereocenters. The van der Waals surface area contributed by atoms with Gasteiger partial charge in [0.25, 0.3) is 0 Å². The molecule has 0 aliphatic carbocycles. The van der Waals surface area contributed by atoms with Crippen LogP contribution in [0.3, 0.4) is 0 Å². The Kier molecular flexibility index (Phi) is 8.34. The number of halogens is 4. The molecule has 206 valence electrons. The summed E-state index contributed by atoms with van der Waals surface area (Å²) < 4.78 is 59.8. The van der Waals surface area contributed by atoms with E-state index in [0.29, 0.717) is 40.8 Å². The van der Waals surface area contributed by atoms with Crippen molar-refractivity contribution in [3.63, 3.8) is 0 Å². The van der Waals surface area contributed by atoms with E-state index >= 15 is 0 Å². The van der Waals surface area contributed by atoms with Crippen LogP contribution in [0.15, 0.2) is 29.2 Å². The van der Waals surface area contributed by atoms with Crippen molar-refractivity contribution in [3.05, 3.63) is 51.7 Å². The number of anilines is 1. The molecule has 0 amide bonds. The maximum Gasteiger partial charge on any atom is 0.390 e. The van der Waals surface area contributed by atoms with Gasteiger partial charge >= 0.3 is 6.18 Å². The average Bonchev–Trinajstić information content (AvgIpc) is 2.86. The number of nitrogens with zero attached hydrogens (tertiary/aromatic N) is 3. The molecule has 1 aliphatic rings. The Bertz CT molecular complexity index is 1360. The smallest absolute Gasteiger partial charge is 0.389 e. The Balaban J connectivity index is 1.73. The molecule has 1 fully saturated rings. The van der Waals surface area contributed by atoms with Crippen molar-refractivity contribution >= 4 is 16.9 Å². The Morgan fingerprint density at radius 2 is 2.05 bits per heavy atom. The molecule has 4 rings (SSSR count). The first kappa shape index (κ1) is 27.9. The normalized spacial score (nSPS) is 18.3. The van der Waals surface area contributed by atoms with Crippen LogP contribution in [0.25, 0.3) is 22.2 Å². The van der Waals surface area contributed by atoms with E-state index in [1.807, 2.05) is 18.4 Å². The highest BCUT2D eigenvalue weighted by atomic mass is 19.4. The van der Waals surface area contributed by atoms with Crippen LogP contribution < -0.4 is 16.1 Å². The molecule has 0 bridgehead atoms. The predicted molar refractivity (Wildman–Crippen MR) is 136 cm³/mol. The minimum atomic E-state index is -4.28. The zero-order chi connectivity index (χ0) is 27.6. The number of nitrogens with one attached hydrogen (secondary N) is 2. The van der Waals surface area contributed by atoms with Crippen molar-refractivity contribution in [2.75, 3.05) is 25.1 Å². The van der Waals surface area contributed by atoms with Crippen LogP contribution in [0, 0.1) is 12.7 Å². The van der Waals surface area contributed by atoms with Gasteiger partial charge in [-0.15, -0.1) is 0 Å². The first-order chi connectivity index (χ1) is 18.0. The van der Waals surface area contributed by atoms with E-state index in [1.54, 1.807) is 25.1 Å². The average molecular weight is 538 g/mol. The summed E-state index contributed by atoms with van der Waals surface area (Å²) in [6.45, 7) is 5.89. The second-order valence-electron chi connectivity index (χ2n) is 9.71. The summed E-state index contributed by atoms with van der Waals surface area (Å²) >= 11 is 0. The minimum Gasteiger partial charge on any atom is -0.389 e. The second kappa shape index (κ2) is 11.3. The fourth-order valence-electron chi connectivity index (χ4n) is 4.67. The Morgan fingerprint density at radius 1 is 1.29 bits per heavy atom. The van der Waals surface area contributed by atoms with E-state index in [-0.39, 0.29) is 48.9 Å². The number of benzene rings is 1. The third-order valence-corrected chi connectivity index (χ3v) is 6.62. The predicted octanol–water partition coefficient (Wildman–Crippen LogP) is 4.09. The number of hydrogen-bond donors (Lipinski definition) is 3. The molecular weight excluding hydrogens is 506 g/mol. The maximum absolute atomic E-state index is 14.9. The topological polar surface area (TPSA) is 101 Å². The van der Waals surface area contributed by atoms with Crippen LogP contribution in [-0.4, -0.2) is 57.7 Å². The van der Waals surface area contributed by atoms with Gasteiger partial charge in [-0.05, 0) is 39.3 Å². The second-order valence-corrected chi connectivity index (χ2v) is 9.71. The summed E-state index contributed by atoms with van der Waals surface area (Å²) in [5.74, 6) is -0.519. The van der Waals surface area contributed by atoms with Gasteiger partial charge in [0, 0.05) is 47.9 Å². The minimum absolute atomic E-state index is 0.0131. The fraction of sp³-hybridized carbons (Fsp3) is 0.500. The van der Waals surface area contributed by atoms with Crippen LogP contribution in [0.2, 0.25) is 0 Å². The summed E-state index contributed by atoms with van der Waals surface area (Å²) in [4.78, 5) is 21.5. The molecule has 2 aromatic heterocycles. The molecular formula is C26H31F4N5O3. The van der Waals surface area contributed by atoms with E-state index in [1.165, 1.54) is 0 Å². The highest BCUT2D eigenvalue weighted by Crippen LogP contribution is 2.28. The van der Waals surface area contributed by atoms with E-state index in [2.05, 4.69) is 20.6 Å². The van der Waals surface area contributed by atoms with Crippen LogP contribution >= 0.6 is 0 Å². The van der Waals surface area contributed by atoms with Gasteiger partial charge in [0.1, 0.15) is 5.69 Å². The molecule has 0 spiro atoms. The summed E-state index contributed by atoms with van der Waals surface area (Å²) in [7, 11) is 0. The summed E-state index contributed by atoms with van der Waals surface area (Å²) in [6.07, 6.45) is -4.44. The van der Waals surface area contributed by atoms with E-state index < -0.39 is 24.5 Å². The number of fused-ring (bicyclic) bond motifs is 1. The highest BCUT2D eigenvalue weighted by molar-refractivity contribution is 5.85. The van der Waals surface area contributed by atoms with Gasteiger partial charge in [0.15, 0.2) is 11.2 Å². The van der Waals surface area contributed by atoms with Crippen molar-refractivity contribution in [2.45, 2.75) is 64.5 Å². The van der Waals surface area contributed by atoms with Gasteiger partial charge in [-0.3, -0.25) is 4.79 Å². The van der Waals surface area contributed by atoms with Gasteiger partial charge < -0.3 is 25.0 Å². The standard InChI is InChI=1S/C26H31F4N5O3/c1-14(2)35-20-10-16(23-18(27)11-32-25(34-23)33-19-6-9-38-13-22(19)36)4-5-17(20)24(37)15(3)21(35)12-31-8-7-26(28,29)30/h4-5,10-11,14,19,22,31,36H,6-9,12-13H2,1-3H3,(H,32,33,34)/t19-,22-/m1/s1. The van der Waals surface area contributed by atoms with Crippen molar-refractivity contribution < 1.29 is 27.4 Å². The molecule has 3 N–H and O–H groups in total. The lowest BCUT2D eigenvalue weighted by molar-refractivity contribution is -0.133. The van der Waals surface area contributed by atoms with Gasteiger partial charge in [-0.25, -0.2) is 14.4 Å². The Labute approximate surface area is 217 Å². The zero-order valence-electron chi connectivity index (χ0n) is 21.4. The lowest BCUT2D eigenvalue weighted by Gasteiger charge is -2.28. The lowest BCUT2D eigenvalue weighted by atomic mass is 10.0. The number of aliphatic hydroxyl groups is 1. The van der Waals surface area contributed by atoms with Crippen LogP contribution in [0.4, 0.5) is 23.5 Å². The first-order valence-corrected chi connectivity index (χ1v) is 12.5. The fourth-order valence-corrected chi connectivity index (χ4v) is 4.67. The molecule has 38 heavy (non-hydrogen) atoms. The van der Waals surface area contributed by atoms with E-state index in [0.717, 1.165) is 6.20 Å². The number of aromatic nitrogens is 3. The van der Waals surface area contributed by atoms with Crippen molar-refractivity contribution in [2.24, 2.45) is 0 Å². The lowest BCUT2D eigenvalue weighted by Crippen LogP contribution is -2.42. The molecule has 2 atom stereocenters. The quantitative estimate of drug-likeness (QED) is 0.294. The van der Waals surface area contributed by atoms with Crippen LogP contribution in [0.1, 0.15) is 44.0 Å². The van der Waals surface area contributed by atoms with E-state index in [4.69, 9.17) is 4.74 Å². The molecule has 0 radical (unpaired) electrons. The highest BCUT2D eigenvalue weighted by Gasteiger charge is 2.27. The van der Waals surface area contributed by atoms with Gasteiger partial charge in [0.05, 0.1) is 36.9 Å². The molecule has 12 heteroatoms. The summed E-state index contributed by atoms with van der Waals surface area (Å²) in [5.41, 5.74) is 1.70. The van der Waals surface area contributed by atoms with Crippen molar-refractivity contribution in [1.82, 2.24) is 19.9 Å². The number of rotatable bonds is 8. The number of alkyl halides is 3. The third-order valence-electron chi connectivity index (χ3n) is 6.62. The van der Waals surface area contributed by atoms with E-state index in [9.17, 15) is 27.5 Å². The van der Waals surface area contributed by atoms with Gasteiger partial charge in [-0.2, -0.15) is 13.2 Å². The van der Waals surface area contributed by atoms with Crippen LogP contribution in [-0.2, 0) is 11.3 Å². The monoisotopic (exact) mass is 537 g/mol. The molecule has 1 saturated heterocycles. The third kappa shape index (κ3) is 6.13. The van der Waals surface area contributed by atoms with Crippen LogP contribution in [0.5, 0.6) is 0 Å². The Hall–Kier alpha value is -3.09. The molecule has 8 nitrogen and oxygen atoms in total. The number of aliphatic hydroxyl groups excluding tert-OH is 1.